The maximum atomic E-state index is 12.2. The standard InChI is InChI=1S/C13H17NO5/c1-8(2)14(6-5-12(17)18)13(19)9-3-4-10(15)11(16)7-9/h3-4,7-8,15-16H,5-6H2,1-2H3,(H,17,18). The Balaban J connectivity index is 2.92. The largest absolute Gasteiger partial charge is 0.504 e. The number of aromatic hydroxyl groups is 2. The van der Waals surface area contributed by atoms with E-state index in [4.69, 9.17) is 5.11 Å². The topological polar surface area (TPSA) is 98.1 Å². The second-order valence-corrected chi connectivity index (χ2v) is 4.44. The van der Waals surface area contributed by atoms with Crippen LogP contribution in [0.2, 0.25) is 0 Å². The summed E-state index contributed by atoms with van der Waals surface area (Å²) < 4.78 is 0. The Morgan fingerprint density at radius 2 is 1.84 bits per heavy atom. The Kier molecular flexibility index (Phi) is 4.74. The van der Waals surface area contributed by atoms with Crippen LogP contribution in [0.25, 0.3) is 0 Å². The van der Waals surface area contributed by atoms with Crippen LogP contribution in [-0.4, -0.2) is 44.7 Å². The molecular formula is C13H17NO5. The van der Waals surface area contributed by atoms with Crippen LogP contribution < -0.4 is 0 Å². The molecule has 1 aromatic carbocycles. The van der Waals surface area contributed by atoms with Crippen LogP contribution in [0.15, 0.2) is 18.2 Å². The average Bonchev–Trinajstić information content (AvgIpc) is 2.31. The smallest absolute Gasteiger partial charge is 0.305 e. The highest BCUT2D eigenvalue weighted by Gasteiger charge is 2.20. The molecular weight excluding hydrogens is 250 g/mol. The fourth-order valence-corrected chi connectivity index (χ4v) is 1.63. The van der Waals surface area contributed by atoms with Crippen molar-refractivity contribution in [2.24, 2.45) is 0 Å². The summed E-state index contributed by atoms with van der Waals surface area (Å²) in [5.41, 5.74) is 0.203. The highest BCUT2D eigenvalue weighted by molar-refractivity contribution is 5.95. The van der Waals surface area contributed by atoms with E-state index in [1.165, 1.54) is 17.0 Å². The molecule has 1 aromatic rings. The van der Waals surface area contributed by atoms with Gasteiger partial charge in [-0.25, -0.2) is 0 Å². The molecule has 0 aromatic heterocycles. The van der Waals surface area contributed by atoms with Crippen molar-refractivity contribution in [1.29, 1.82) is 0 Å². The molecule has 0 atom stereocenters. The SMILES string of the molecule is CC(C)N(CCC(=O)O)C(=O)c1ccc(O)c(O)c1. The highest BCUT2D eigenvalue weighted by atomic mass is 16.4. The molecule has 1 rings (SSSR count). The van der Waals surface area contributed by atoms with E-state index in [0.717, 1.165) is 6.07 Å². The van der Waals surface area contributed by atoms with Gasteiger partial charge in [-0.05, 0) is 32.0 Å². The van der Waals surface area contributed by atoms with Crippen molar-refractivity contribution >= 4 is 11.9 Å². The maximum absolute atomic E-state index is 12.2. The van der Waals surface area contributed by atoms with Crippen molar-refractivity contribution in [3.63, 3.8) is 0 Å². The molecule has 0 saturated carbocycles. The minimum atomic E-state index is -0.980. The van der Waals surface area contributed by atoms with Crippen molar-refractivity contribution in [2.45, 2.75) is 26.3 Å². The van der Waals surface area contributed by atoms with Gasteiger partial charge in [-0.2, -0.15) is 0 Å². The van der Waals surface area contributed by atoms with Gasteiger partial charge in [0, 0.05) is 18.2 Å². The van der Waals surface area contributed by atoms with Gasteiger partial charge in [-0.3, -0.25) is 9.59 Å². The number of aliphatic carboxylic acids is 1. The van der Waals surface area contributed by atoms with Crippen molar-refractivity contribution in [3.8, 4) is 11.5 Å². The predicted molar refractivity (Wildman–Crippen MR) is 68.2 cm³/mol. The summed E-state index contributed by atoms with van der Waals surface area (Å²) in [6.07, 6.45) is -0.145. The van der Waals surface area contributed by atoms with Gasteiger partial charge in [0.25, 0.3) is 5.91 Å². The fourth-order valence-electron chi connectivity index (χ4n) is 1.63. The first-order valence-electron chi connectivity index (χ1n) is 5.87. The molecule has 0 radical (unpaired) electrons. The Hall–Kier alpha value is -2.24. The van der Waals surface area contributed by atoms with Crippen molar-refractivity contribution in [1.82, 2.24) is 4.90 Å². The molecule has 6 heteroatoms. The van der Waals surface area contributed by atoms with E-state index in [-0.39, 0.29) is 42.0 Å². The Labute approximate surface area is 110 Å². The number of rotatable bonds is 5. The van der Waals surface area contributed by atoms with Crippen molar-refractivity contribution in [3.05, 3.63) is 23.8 Å². The maximum Gasteiger partial charge on any atom is 0.305 e. The van der Waals surface area contributed by atoms with Crippen LogP contribution in [0.1, 0.15) is 30.6 Å². The number of phenols is 2. The van der Waals surface area contributed by atoms with Gasteiger partial charge in [0.05, 0.1) is 6.42 Å². The second kappa shape index (κ2) is 6.08. The monoisotopic (exact) mass is 267 g/mol. The highest BCUT2D eigenvalue weighted by Crippen LogP contribution is 2.25. The van der Waals surface area contributed by atoms with Gasteiger partial charge in [-0.15, -0.1) is 0 Å². The van der Waals surface area contributed by atoms with E-state index in [1.54, 1.807) is 13.8 Å². The lowest BCUT2D eigenvalue weighted by Gasteiger charge is -2.26. The molecule has 6 nitrogen and oxygen atoms in total. The average molecular weight is 267 g/mol. The number of carbonyl (C=O) groups is 2. The zero-order valence-electron chi connectivity index (χ0n) is 10.8. The number of amides is 1. The number of nitrogens with zero attached hydrogens (tertiary/aromatic N) is 1. The van der Waals surface area contributed by atoms with E-state index in [0.29, 0.717) is 0 Å². The summed E-state index contributed by atoms with van der Waals surface area (Å²) in [6, 6.07) is 3.60. The summed E-state index contributed by atoms with van der Waals surface area (Å²) in [5.74, 6) is -2.05. The summed E-state index contributed by atoms with van der Waals surface area (Å²) >= 11 is 0. The van der Waals surface area contributed by atoms with Crippen LogP contribution >= 0.6 is 0 Å². The van der Waals surface area contributed by atoms with Gasteiger partial charge in [0.2, 0.25) is 0 Å². The van der Waals surface area contributed by atoms with Crippen LogP contribution in [0.4, 0.5) is 0 Å². The third kappa shape index (κ3) is 3.87. The third-order valence-corrected chi connectivity index (χ3v) is 2.67. The number of carbonyl (C=O) groups excluding carboxylic acids is 1. The molecule has 0 heterocycles. The normalized spacial score (nSPS) is 10.5. The van der Waals surface area contributed by atoms with Crippen molar-refractivity contribution in [2.75, 3.05) is 6.54 Å². The first kappa shape index (κ1) is 14.8. The van der Waals surface area contributed by atoms with E-state index >= 15 is 0 Å². The molecule has 0 bridgehead atoms. The number of carboxylic acids is 1. The Morgan fingerprint density at radius 3 is 2.32 bits per heavy atom. The summed E-state index contributed by atoms with van der Waals surface area (Å²) in [5, 5.41) is 27.2. The van der Waals surface area contributed by atoms with E-state index < -0.39 is 5.97 Å². The lowest BCUT2D eigenvalue weighted by Crippen LogP contribution is -2.38. The zero-order chi connectivity index (χ0) is 14.6. The summed E-state index contributed by atoms with van der Waals surface area (Å²) in [6.45, 7) is 3.65. The van der Waals surface area contributed by atoms with Crippen molar-refractivity contribution < 1.29 is 24.9 Å². The minimum absolute atomic E-state index is 0.0907. The summed E-state index contributed by atoms with van der Waals surface area (Å²) in [7, 11) is 0. The Morgan fingerprint density at radius 1 is 1.21 bits per heavy atom. The first-order chi connectivity index (χ1) is 8.82. The minimum Gasteiger partial charge on any atom is -0.504 e. The lowest BCUT2D eigenvalue weighted by molar-refractivity contribution is -0.137. The van der Waals surface area contributed by atoms with E-state index in [1.807, 2.05) is 0 Å². The molecule has 0 spiro atoms. The molecule has 0 unspecified atom stereocenters. The molecule has 19 heavy (non-hydrogen) atoms. The Bertz CT molecular complexity index is 484. The van der Waals surface area contributed by atoms with Crippen LogP contribution in [0.3, 0.4) is 0 Å². The molecule has 0 aliphatic rings. The zero-order valence-corrected chi connectivity index (χ0v) is 10.8. The van der Waals surface area contributed by atoms with Gasteiger partial charge in [0.15, 0.2) is 11.5 Å². The van der Waals surface area contributed by atoms with E-state index in [2.05, 4.69) is 0 Å². The van der Waals surface area contributed by atoms with Gasteiger partial charge in [-0.1, -0.05) is 0 Å². The molecule has 0 fully saturated rings. The molecule has 3 N–H and O–H groups in total. The van der Waals surface area contributed by atoms with Gasteiger partial charge >= 0.3 is 5.97 Å². The first-order valence-corrected chi connectivity index (χ1v) is 5.87. The van der Waals surface area contributed by atoms with Crippen LogP contribution in [-0.2, 0) is 4.79 Å². The number of phenolic OH excluding ortho intramolecular Hbond substituents is 2. The van der Waals surface area contributed by atoms with E-state index in [9.17, 15) is 19.8 Å². The van der Waals surface area contributed by atoms with Crippen LogP contribution in [0, 0.1) is 0 Å². The molecule has 0 saturated heterocycles. The number of hydrogen-bond donors (Lipinski definition) is 3. The van der Waals surface area contributed by atoms with Gasteiger partial charge < -0.3 is 20.2 Å². The van der Waals surface area contributed by atoms with Crippen LogP contribution in [0.5, 0.6) is 11.5 Å². The second-order valence-electron chi connectivity index (χ2n) is 4.44. The summed E-state index contributed by atoms with van der Waals surface area (Å²) in [4.78, 5) is 24.2. The quantitative estimate of drug-likeness (QED) is 0.701. The molecule has 0 aliphatic heterocycles. The molecule has 104 valence electrons. The third-order valence-electron chi connectivity index (χ3n) is 2.67. The fraction of sp³-hybridized carbons (Fsp3) is 0.385. The number of hydrogen-bond acceptors (Lipinski definition) is 4. The predicted octanol–water partition coefficient (Wildman–Crippen LogP) is 1.42. The molecule has 0 aliphatic carbocycles. The van der Waals surface area contributed by atoms with Gasteiger partial charge in [0.1, 0.15) is 0 Å². The number of benzene rings is 1. The lowest BCUT2D eigenvalue weighted by atomic mass is 10.1. The molecule has 1 amide bonds. The number of carboxylic acid groups (broad SMARTS) is 1.